The molecule has 0 radical (unpaired) electrons. The Morgan fingerprint density at radius 1 is 1.35 bits per heavy atom. The van der Waals surface area contributed by atoms with Crippen molar-refractivity contribution < 1.29 is 4.79 Å². The van der Waals surface area contributed by atoms with Crippen LogP contribution >= 0.6 is 11.8 Å². The summed E-state index contributed by atoms with van der Waals surface area (Å²) in [4.78, 5) is 16.5. The predicted octanol–water partition coefficient (Wildman–Crippen LogP) is 3.92. The summed E-state index contributed by atoms with van der Waals surface area (Å²) in [6, 6.07) is 10.3. The number of benzene rings is 1. The molecule has 0 saturated heterocycles. The fraction of sp³-hybridized carbons (Fsp3) is 0.375. The van der Waals surface area contributed by atoms with E-state index in [9.17, 15) is 4.79 Å². The van der Waals surface area contributed by atoms with Gasteiger partial charge in [0.25, 0.3) is 0 Å². The topological polar surface area (TPSA) is 34.9 Å². The van der Waals surface area contributed by atoms with Crippen molar-refractivity contribution in [3.05, 3.63) is 54.1 Å². The predicted molar refractivity (Wildman–Crippen MR) is 82.0 cm³/mol. The number of aromatic nitrogens is 2. The fourth-order valence-electron chi connectivity index (χ4n) is 2.36. The first-order chi connectivity index (χ1) is 9.75. The van der Waals surface area contributed by atoms with Crippen LogP contribution in [0.1, 0.15) is 48.3 Å². The monoisotopic (exact) mass is 286 g/mol. The van der Waals surface area contributed by atoms with E-state index >= 15 is 0 Å². The summed E-state index contributed by atoms with van der Waals surface area (Å²) in [5.74, 6) is 0. The van der Waals surface area contributed by atoms with Crippen molar-refractivity contribution in [3.8, 4) is 0 Å². The minimum atomic E-state index is 0.125. The summed E-state index contributed by atoms with van der Waals surface area (Å²) >= 11 is 1.47. The average molecular weight is 286 g/mol. The van der Waals surface area contributed by atoms with Gasteiger partial charge in [0.15, 0.2) is 0 Å². The first-order valence-electron chi connectivity index (χ1n) is 7.03. The molecule has 3 rings (SSSR count). The van der Waals surface area contributed by atoms with Crippen molar-refractivity contribution in [2.75, 3.05) is 0 Å². The molecule has 0 amide bonds. The molecule has 1 aliphatic carbocycles. The summed E-state index contributed by atoms with van der Waals surface area (Å²) in [5, 5.41) is 0.660. The zero-order valence-corrected chi connectivity index (χ0v) is 12.3. The van der Waals surface area contributed by atoms with Crippen molar-refractivity contribution in [1.82, 2.24) is 9.55 Å². The number of rotatable bonds is 4. The molecule has 1 fully saturated rings. The normalized spacial score (nSPS) is 16.6. The molecule has 1 aromatic heterocycles. The minimum absolute atomic E-state index is 0.125. The molecule has 0 aliphatic heterocycles. The molecule has 4 heteroatoms. The van der Waals surface area contributed by atoms with Crippen molar-refractivity contribution >= 4 is 16.9 Å². The first-order valence-corrected chi connectivity index (χ1v) is 7.91. The van der Waals surface area contributed by atoms with E-state index in [-0.39, 0.29) is 11.2 Å². The first kappa shape index (κ1) is 13.4. The van der Waals surface area contributed by atoms with E-state index in [0.717, 1.165) is 0 Å². The Kier molecular flexibility index (Phi) is 3.92. The van der Waals surface area contributed by atoms with Gasteiger partial charge in [0.2, 0.25) is 5.12 Å². The van der Waals surface area contributed by atoms with Crippen molar-refractivity contribution in [2.45, 2.75) is 37.5 Å². The van der Waals surface area contributed by atoms with E-state index in [1.54, 1.807) is 12.5 Å². The van der Waals surface area contributed by atoms with Gasteiger partial charge in [-0.2, -0.15) is 0 Å². The van der Waals surface area contributed by atoms with Crippen LogP contribution in [0.4, 0.5) is 0 Å². The van der Waals surface area contributed by atoms with Crippen LogP contribution in [-0.2, 0) is 0 Å². The zero-order chi connectivity index (χ0) is 13.9. The number of carbonyl (C=O) groups excluding carboxylic acids is 1. The smallest absolute Gasteiger partial charge is 0.237 e. The standard InChI is InChI=1S/C16H18N2OS/c1-12(13-6-3-2-4-7-13)18-11-17-10-15(18)16(19)20-14-8-5-9-14/h2-4,6-7,10-12,14H,5,8-9H2,1H3. The molecule has 1 aromatic carbocycles. The molecule has 0 N–H and O–H groups in total. The average Bonchev–Trinajstić information content (AvgIpc) is 2.92. The summed E-state index contributed by atoms with van der Waals surface area (Å²) in [5.41, 5.74) is 1.89. The molecule has 1 heterocycles. The Morgan fingerprint density at radius 3 is 2.75 bits per heavy atom. The Balaban J connectivity index is 1.80. The van der Waals surface area contributed by atoms with Crippen molar-refractivity contribution in [3.63, 3.8) is 0 Å². The Hall–Kier alpha value is -1.55. The van der Waals surface area contributed by atoms with Gasteiger partial charge in [0.05, 0.1) is 18.6 Å². The second-order valence-corrected chi connectivity index (χ2v) is 6.50. The summed E-state index contributed by atoms with van der Waals surface area (Å²) < 4.78 is 1.98. The maximum Gasteiger partial charge on any atom is 0.237 e. The number of thioether (sulfide) groups is 1. The van der Waals surface area contributed by atoms with E-state index < -0.39 is 0 Å². The van der Waals surface area contributed by atoms with Gasteiger partial charge in [-0.05, 0) is 25.3 Å². The van der Waals surface area contributed by atoms with Crippen LogP contribution in [0.2, 0.25) is 0 Å². The lowest BCUT2D eigenvalue weighted by atomic mass is 10.0. The SMILES string of the molecule is CC(c1ccccc1)n1cncc1C(=O)SC1CCC1. The second-order valence-electron chi connectivity index (χ2n) is 5.23. The van der Waals surface area contributed by atoms with Crippen molar-refractivity contribution in [2.24, 2.45) is 0 Å². The van der Waals surface area contributed by atoms with Crippen LogP contribution in [0.25, 0.3) is 0 Å². The number of imidazole rings is 1. The largest absolute Gasteiger partial charge is 0.320 e. The summed E-state index contributed by atoms with van der Waals surface area (Å²) in [7, 11) is 0. The van der Waals surface area contributed by atoms with E-state index in [0.29, 0.717) is 10.9 Å². The molecule has 0 bridgehead atoms. The lowest BCUT2D eigenvalue weighted by Gasteiger charge is -2.24. The molecule has 2 aromatic rings. The molecule has 3 nitrogen and oxygen atoms in total. The van der Waals surface area contributed by atoms with Gasteiger partial charge in [-0.15, -0.1) is 0 Å². The number of hydrogen-bond donors (Lipinski definition) is 0. The molecule has 1 unspecified atom stereocenters. The lowest BCUT2D eigenvalue weighted by Crippen LogP contribution is -2.18. The second kappa shape index (κ2) is 5.83. The Bertz CT molecular complexity index is 590. The van der Waals surface area contributed by atoms with E-state index in [4.69, 9.17) is 0 Å². The highest BCUT2D eigenvalue weighted by molar-refractivity contribution is 8.14. The quantitative estimate of drug-likeness (QED) is 0.854. The maximum atomic E-state index is 12.4. The van der Waals surface area contributed by atoms with Crippen LogP contribution in [0.5, 0.6) is 0 Å². The van der Waals surface area contributed by atoms with Gasteiger partial charge in [0, 0.05) is 5.25 Å². The third-order valence-electron chi connectivity index (χ3n) is 3.90. The molecule has 0 spiro atoms. The van der Waals surface area contributed by atoms with Crippen LogP contribution in [0.15, 0.2) is 42.9 Å². The highest BCUT2D eigenvalue weighted by Crippen LogP contribution is 2.33. The van der Waals surface area contributed by atoms with E-state index in [2.05, 4.69) is 24.0 Å². The summed E-state index contributed by atoms with van der Waals surface area (Å²) in [6.07, 6.45) is 7.03. The van der Waals surface area contributed by atoms with Crippen LogP contribution < -0.4 is 0 Å². The van der Waals surface area contributed by atoms with Gasteiger partial charge in [-0.25, -0.2) is 4.98 Å². The molecule has 1 aliphatic rings. The van der Waals surface area contributed by atoms with Crippen LogP contribution in [0.3, 0.4) is 0 Å². The fourth-order valence-corrected chi connectivity index (χ4v) is 3.51. The third kappa shape index (κ3) is 2.66. The highest BCUT2D eigenvalue weighted by atomic mass is 32.2. The summed E-state index contributed by atoms with van der Waals surface area (Å²) in [6.45, 7) is 2.10. The molecular formula is C16H18N2OS. The van der Waals surface area contributed by atoms with Gasteiger partial charge in [-0.1, -0.05) is 48.5 Å². The van der Waals surface area contributed by atoms with Gasteiger partial charge in [-0.3, -0.25) is 4.79 Å². The van der Waals surface area contributed by atoms with E-state index in [1.807, 2.05) is 22.8 Å². The highest BCUT2D eigenvalue weighted by Gasteiger charge is 2.25. The Labute approximate surface area is 123 Å². The van der Waals surface area contributed by atoms with Gasteiger partial charge >= 0.3 is 0 Å². The number of nitrogens with zero attached hydrogens (tertiary/aromatic N) is 2. The van der Waals surface area contributed by atoms with Gasteiger partial charge < -0.3 is 4.57 Å². The number of hydrogen-bond acceptors (Lipinski definition) is 3. The maximum absolute atomic E-state index is 12.4. The lowest BCUT2D eigenvalue weighted by molar-refractivity contribution is 0.107. The third-order valence-corrected chi connectivity index (χ3v) is 5.13. The zero-order valence-electron chi connectivity index (χ0n) is 11.5. The van der Waals surface area contributed by atoms with Crippen molar-refractivity contribution in [1.29, 1.82) is 0 Å². The Morgan fingerprint density at radius 2 is 2.10 bits per heavy atom. The van der Waals surface area contributed by atoms with Crippen LogP contribution in [-0.4, -0.2) is 19.9 Å². The van der Waals surface area contributed by atoms with E-state index in [1.165, 1.54) is 36.6 Å². The molecule has 1 atom stereocenters. The molecule has 1 saturated carbocycles. The van der Waals surface area contributed by atoms with Crippen LogP contribution in [0, 0.1) is 0 Å². The molecular weight excluding hydrogens is 268 g/mol. The van der Waals surface area contributed by atoms with Gasteiger partial charge in [0.1, 0.15) is 5.69 Å². The minimum Gasteiger partial charge on any atom is -0.320 e. The number of carbonyl (C=O) groups is 1. The molecule has 20 heavy (non-hydrogen) atoms. The molecule has 104 valence electrons.